The highest BCUT2D eigenvalue weighted by Crippen LogP contribution is 2.52. The molecule has 2 bridgehead atoms. The summed E-state index contributed by atoms with van der Waals surface area (Å²) >= 11 is 0. The van der Waals surface area contributed by atoms with Gasteiger partial charge in [-0.1, -0.05) is 12.2 Å². The zero-order valence-electron chi connectivity index (χ0n) is 16.1. The normalized spacial score (nSPS) is 30.2. The van der Waals surface area contributed by atoms with Gasteiger partial charge in [0.05, 0.1) is 38.1 Å². The Balaban J connectivity index is 1.54. The van der Waals surface area contributed by atoms with Gasteiger partial charge in [-0.15, -0.1) is 0 Å². The molecule has 4 rings (SSSR count). The third kappa shape index (κ3) is 2.88. The number of benzene rings is 1. The average molecular weight is 388 g/mol. The van der Waals surface area contributed by atoms with Gasteiger partial charge in [0.15, 0.2) is 6.29 Å². The van der Waals surface area contributed by atoms with Crippen molar-refractivity contribution in [1.82, 2.24) is 5.32 Å². The minimum atomic E-state index is -0.758. The second-order valence-electron chi connectivity index (χ2n) is 7.17. The van der Waals surface area contributed by atoms with E-state index in [0.29, 0.717) is 12.3 Å². The van der Waals surface area contributed by atoms with Gasteiger partial charge in [0.1, 0.15) is 11.4 Å². The number of methoxy groups -OCH3 is 3. The Morgan fingerprint density at radius 2 is 2.00 bits per heavy atom. The molecule has 0 radical (unpaired) electrons. The number of nitrogens with zero attached hydrogens (tertiary/aromatic N) is 1. The summed E-state index contributed by atoms with van der Waals surface area (Å²) in [5, 5.41) is 2.82. The van der Waals surface area contributed by atoms with Gasteiger partial charge >= 0.3 is 0 Å². The quantitative estimate of drug-likeness (QED) is 0.547. The Kier molecular flexibility index (Phi) is 4.86. The number of nitrogens with one attached hydrogen (secondary N) is 1. The molecule has 3 unspecified atom stereocenters. The summed E-state index contributed by atoms with van der Waals surface area (Å²) in [6.07, 6.45) is 2.88. The van der Waals surface area contributed by atoms with E-state index in [0.717, 1.165) is 5.69 Å². The average Bonchev–Trinajstić information content (AvgIpc) is 3.37. The van der Waals surface area contributed by atoms with Crippen LogP contribution in [0.15, 0.2) is 36.4 Å². The molecule has 2 saturated heterocycles. The Hall–Kier alpha value is -2.42. The summed E-state index contributed by atoms with van der Waals surface area (Å²) in [6, 6.07) is 7.29. The van der Waals surface area contributed by atoms with Crippen LogP contribution in [-0.4, -0.2) is 64.2 Å². The first-order valence-corrected chi connectivity index (χ1v) is 9.19. The molecule has 1 spiro atoms. The lowest BCUT2D eigenvalue weighted by Crippen LogP contribution is -2.46. The number of carbonyl (C=O) groups is 2. The molecule has 4 atom stereocenters. The van der Waals surface area contributed by atoms with Crippen LogP contribution in [0.1, 0.15) is 0 Å². The second kappa shape index (κ2) is 7.20. The highest BCUT2D eigenvalue weighted by Gasteiger charge is 2.67. The van der Waals surface area contributed by atoms with E-state index in [1.54, 1.807) is 12.0 Å². The molecule has 2 amide bonds. The van der Waals surface area contributed by atoms with Gasteiger partial charge in [0.25, 0.3) is 0 Å². The third-order valence-electron chi connectivity index (χ3n) is 5.76. The van der Waals surface area contributed by atoms with Crippen LogP contribution in [0.2, 0.25) is 0 Å². The van der Waals surface area contributed by atoms with Gasteiger partial charge in [-0.05, 0) is 24.3 Å². The molecular weight excluding hydrogens is 364 g/mol. The van der Waals surface area contributed by atoms with E-state index in [2.05, 4.69) is 5.32 Å². The molecule has 8 nitrogen and oxygen atoms in total. The van der Waals surface area contributed by atoms with Gasteiger partial charge in [-0.25, -0.2) is 0 Å². The molecule has 0 aliphatic carbocycles. The van der Waals surface area contributed by atoms with Crippen LogP contribution in [-0.2, 0) is 23.8 Å². The number of rotatable bonds is 7. The van der Waals surface area contributed by atoms with Crippen LogP contribution >= 0.6 is 0 Å². The first kappa shape index (κ1) is 18.9. The van der Waals surface area contributed by atoms with Crippen LogP contribution in [0.3, 0.4) is 0 Å². The largest absolute Gasteiger partial charge is 0.497 e. The molecule has 1 aromatic rings. The summed E-state index contributed by atoms with van der Waals surface area (Å²) < 4.78 is 21.5. The van der Waals surface area contributed by atoms with Crippen molar-refractivity contribution in [1.29, 1.82) is 0 Å². The molecule has 3 aliphatic rings. The lowest BCUT2D eigenvalue weighted by Gasteiger charge is -2.24. The van der Waals surface area contributed by atoms with Crippen LogP contribution in [0.5, 0.6) is 5.75 Å². The van der Waals surface area contributed by atoms with E-state index in [4.69, 9.17) is 18.9 Å². The summed E-state index contributed by atoms with van der Waals surface area (Å²) in [7, 11) is 4.61. The lowest BCUT2D eigenvalue weighted by molar-refractivity contribution is -0.135. The van der Waals surface area contributed by atoms with Gasteiger partial charge in [-0.2, -0.15) is 0 Å². The maximum Gasteiger partial charge on any atom is 0.234 e. The van der Waals surface area contributed by atoms with Crippen molar-refractivity contribution in [3.63, 3.8) is 0 Å². The molecule has 3 heterocycles. The van der Waals surface area contributed by atoms with E-state index >= 15 is 0 Å². The van der Waals surface area contributed by atoms with Crippen molar-refractivity contribution in [3.8, 4) is 5.75 Å². The molecule has 3 aliphatic heterocycles. The van der Waals surface area contributed by atoms with Crippen LogP contribution in [0, 0.1) is 11.8 Å². The smallest absolute Gasteiger partial charge is 0.234 e. The van der Waals surface area contributed by atoms with Crippen molar-refractivity contribution < 1.29 is 28.5 Å². The lowest BCUT2D eigenvalue weighted by atomic mass is 9.77. The molecule has 1 N–H and O–H groups in total. The summed E-state index contributed by atoms with van der Waals surface area (Å²) in [4.78, 5) is 27.8. The van der Waals surface area contributed by atoms with Crippen molar-refractivity contribution in [2.45, 2.75) is 18.0 Å². The predicted molar refractivity (Wildman–Crippen MR) is 99.9 cm³/mol. The first-order chi connectivity index (χ1) is 13.5. The summed E-state index contributed by atoms with van der Waals surface area (Å²) in [6.45, 7) is 0.591. The van der Waals surface area contributed by atoms with E-state index in [1.807, 2.05) is 36.4 Å². The van der Waals surface area contributed by atoms with Gasteiger partial charge < -0.3 is 29.2 Å². The van der Waals surface area contributed by atoms with E-state index in [1.165, 1.54) is 14.2 Å². The fourth-order valence-corrected chi connectivity index (χ4v) is 4.34. The fraction of sp³-hybridized carbons (Fsp3) is 0.500. The number of hydrogen-bond acceptors (Lipinski definition) is 6. The number of carbonyl (C=O) groups excluding carboxylic acids is 2. The zero-order valence-corrected chi connectivity index (χ0v) is 16.1. The number of anilines is 1. The number of ether oxygens (including phenoxy) is 4. The monoisotopic (exact) mass is 388 g/mol. The molecule has 1 aromatic carbocycles. The Morgan fingerprint density at radius 1 is 1.29 bits per heavy atom. The van der Waals surface area contributed by atoms with E-state index < -0.39 is 29.8 Å². The molecule has 150 valence electrons. The van der Waals surface area contributed by atoms with Crippen LogP contribution < -0.4 is 15.0 Å². The van der Waals surface area contributed by atoms with Crippen molar-refractivity contribution in [2.75, 3.05) is 39.3 Å². The van der Waals surface area contributed by atoms with Gasteiger partial charge in [-0.3, -0.25) is 9.59 Å². The first-order valence-electron chi connectivity index (χ1n) is 9.19. The van der Waals surface area contributed by atoms with Crippen LogP contribution in [0.4, 0.5) is 5.69 Å². The maximum absolute atomic E-state index is 13.2. The molecule has 8 heteroatoms. The van der Waals surface area contributed by atoms with Gasteiger partial charge in [0, 0.05) is 19.9 Å². The Labute approximate surface area is 163 Å². The molecule has 0 aromatic heterocycles. The number of fused-ring (bicyclic) bond motifs is 1. The van der Waals surface area contributed by atoms with Crippen molar-refractivity contribution in [3.05, 3.63) is 36.4 Å². The SMILES string of the molecule is COc1ccc(N2C[C@@]34C=CC(O3)C(C(=O)NCC(OC)OC)C4C2=O)cc1. The van der Waals surface area contributed by atoms with Crippen LogP contribution in [0.25, 0.3) is 0 Å². The topological polar surface area (TPSA) is 86.3 Å². The van der Waals surface area contributed by atoms with E-state index in [9.17, 15) is 9.59 Å². The summed E-state index contributed by atoms with van der Waals surface area (Å²) in [5.41, 5.74) is -0.000915. The Bertz CT molecular complexity index is 790. The second-order valence-corrected chi connectivity index (χ2v) is 7.17. The number of hydrogen-bond donors (Lipinski definition) is 1. The van der Waals surface area contributed by atoms with Gasteiger partial charge in [0.2, 0.25) is 11.8 Å². The predicted octanol–water partition coefficient (Wildman–Crippen LogP) is 0.717. The minimum Gasteiger partial charge on any atom is -0.497 e. The standard InChI is InChI=1S/C20H24N2O6/c1-25-13-6-4-12(5-7-13)22-11-20-9-8-14(28-20)16(17(20)19(22)24)18(23)21-10-15(26-2)27-3/h4-9,14-17H,10-11H2,1-3H3,(H,21,23)/t14?,16?,17?,20-/m1/s1. The molecule has 2 fully saturated rings. The van der Waals surface area contributed by atoms with E-state index in [-0.39, 0.29) is 18.4 Å². The number of amides is 2. The van der Waals surface area contributed by atoms with Crippen molar-refractivity contribution >= 4 is 17.5 Å². The molecular formula is C20H24N2O6. The Morgan fingerprint density at radius 3 is 2.64 bits per heavy atom. The third-order valence-corrected chi connectivity index (χ3v) is 5.76. The van der Waals surface area contributed by atoms with Crippen molar-refractivity contribution in [2.24, 2.45) is 11.8 Å². The molecule has 28 heavy (non-hydrogen) atoms. The highest BCUT2D eigenvalue weighted by molar-refractivity contribution is 6.03. The maximum atomic E-state index is 13.2. The fourth-order valence-electron chi connectivity index (χ4n) is 4.34. The zero-order chi connectivity index (χ0) is 19.9. The summed E-state index contributed by atoms with van der Waals surface area (Å²) in [5.74, 6) is -0.741. The molecule has 0 saturated carbocycles. The highest BCUT2D eigenvalue weighted by atomic mass is 16.7. The minimum absolute atomic E-state index is 0.104.